The molecule has 3 aliphatic rings. The van der Waals surface area contributed by atoms with Crippen LogP contribution in [-0.2, 0) is 43.2 Å². The maximum absolute atomic E-state index is 13.2. The molecule has 3 heterocycles. The molecule has 16 nitrogen and oxygen atoms in total. The summed E-state index contributed by atoms with van der Waals surface area (Å²) in [5.74, 6) is 0.342. The summed E-state index contributed by atoms with van der Waals surface area (Å²) in [5.41, 5.74) is 1.52. The van der Waals surface area contributed by atoms with Crippen LogP contribution in [-0.4, -0.2) is 120 Å². The number of aliphatic hydroxyl groups is 4. The van der Waals surface area contributed by atoms with E-state index >= 15 is 0 Å². The Morgan fingerprint density at radius 3 is 1.83 bits per heavy atom. The molecule has 76 heavy (non-hydrogen) atoms. The largest absolute Gasteiger partial charge is 0.507 e. The highest BCUT2D eigenvalue weighted by Gasteiger charge is 2.36. The quantitative estimate of drug-likeness (QED) is 0.0243. The SMILES string of the molecule is CC.CC/C=C\C=C(/CO)C(O)OCCC(C)CC(O)CCCC1CC(CCCC(O)CC2CC(CCCC3CC(C)OC(c4ccccc4O)O3)OC(CNS(=O)(=O)c3ccccc3)O2)OC(c2ccccc2O)O1. The molecule has 0 spiro atoms. The van der Waals surface area contributed by atoms with Gasteiger partial charge in [-0.2, -0.15) is 0 Å². The highest BCUT2D eigenvalue weighted by molar-refractivity contribution is 7.89. The van der Waals surface area contributed by atoms with Gasteiger partial charge in [-0.1, -0.05) is 101 Å². The molecule has 7 N–H and O–H groups in total. The predicted molar refractivity (Wildman–Crippen MR) is 290 cm³/mol. The molecule has 0 radical (unpaired) electrons. The molecule has 0 bridgehead atoms. The van der Waals surface area contributed by atoms with Gasteiger partial charge in [0.05, 0.1) is 73.5 Å². The molecule has 3 aromatic carbocycles. The third kappa shape index (κ3) is 21.5. The van der Waals surface area contributed by atoms with Crippen molar-refractivity contribution in [3.05, 3.63) is 114 Å². The summed E-state index contributed by atoms with van der Waals surface area (Å²) < 4.78 is 72.5. The molecule has 13 unspecified atom stereocenters. The highest BCUT2D eigenvalue weighted by atomic mass is 32.2. The Bertz CT molecular complexity index is 2250. The molecule has 3 aromatic rings. The fraction of sp³-hybridized carbons (Fsp3) is 0.627. The molecule has 3 fully saturated rings. The van der Waals surface area contributed by atoms with E-state index in [1.807, 2.05) is 52.8 Å². The number of rotatable bonds is 30. The number of phenols is 2. The van der Waals surface area contributed by atoms with Crippen molar-refractivity contribution in [2.45, 2.75) is 216 Å². The summed E-state index contributed by atoms with van der Waals surface area (Å²) in [6.07, 6.45) is 9.49. The summed E-state index contributed by atoms with van der Waals surface area (Å²) in [6, 6.07) is 22.1. The van der Waals surface area contributed by atoms with E-state index in [0.29, 0.717) is 100 Å². The van der Waals surface area contributed by atoms with Crippen LogP contribution in [0.15, 0.2) is 108 Å². The minimum absolute atomic E-state index is 0.0700. The van der Waals surface area contributed by atoms with Crippen molar-refractivity contribution in [2.24, 2.45) is 5.92 Å². The number of sulfonamides is 1. The van der Waals surface area contributed by atoms with Gasteiger partial charge in [-0.05, 0) is 127 Å². The van der Waals surface area contributed by atoms with Gasteiger partial charge < -0.3 is 63.8 Å². The number of phenolic OH excluding ortho intramolecular Hbond substituents is 2. The van der Waals surface area contributed by atoms with Gasteiger partial charge in [0.1, 0.15) is 11.5 Å². The molecular formula is C59H89NO15S. The number of hydrogen-bond donors (Lipinski definition) is 7. The van der Waals surface area contributed by atoms with Crippen LogP contribution in [0.3, 0.4) is 0 Å². The fourth-order valence-electron chi connectivity index (χ4n) is 9.96. The van der Waals surface area contributed by atoms with Gasteiger partial charge in [-0.15, -0.1) is 0 Å². The van der Waals surface area contributed by atoms with Gasteiger partial charge in [-0.3, -0.25) is 0 Å². The topological polar surface area (TPSA) is 232 Å². The van der Waals surface area contributed by atoms with E-state index in [4.69, 9.17) is 33.2 Å². The van der Waals surface area contributed by atoms with E-state index in [2.05, 4.69) is 4.72 Å². The van der Waals surface area contributed by atoms with Gasteiger partial charge in [0, 0.05) is 29.5 Å². The number of hydrogen-bond acceptors (Lipinski definition) is 15. The van der Waals surface area contributed by atoms with Gasteiger partial charge in [0.25, 0.3) is 0 Å². The summed E-state index contributed by atoms with van der Waals surface area (Å²) in [4.78, 5) is 0.138. The average molecular weight is 1080 g/mol. The van der Waals surface area contributed by atoms with Gasteiger partial charge in [-0.25, -0.2) is 13.1 Å². The molecule has 0 aromatic heterocycles. The van der Waals surface area contributed by atoms with Gasteiger partial charge >= 0.3 is 0 Å². The maximum atomic E-state index is 13.2. The van der Waals surface area contributed by atoms with Gasteiger partial charge in [0.2, 0.25) is 10.0 Å². The lowest BCUT2D eigenvalue weighted by molar-refractivity contribution is -0.251. The zero-order valence-corrected chi connectivity index (χ0v) is 46.3. The zero-order chi connectivity index (χ0) is 54.9. The molecule has 3 aliphatic heterocycles. The Kier molecular flexibility index (Phi) is 27.9. The number of nitrogens with one attached hydrogen (secondary N) is 1. The van der Waals surface area contributed by atoms with Crippen LogP contribution in [0.5, 0.6) is 11.5 Å². The number of aliphatic hydroxyl groups excluding tert-OH is 4. The number of allylic oxidation sites excluding steroid dienone is 3. The molecule has 426 valence electrons. The number of aromatic hydroxyl groups is 2. The van der Waals surface area contributed by atoms with E-state index < -0.39 is 53.5 Å². The molecule has 0 aliphatic carbocycles. The van der Waals surface area contributed by atoms with Crippen molar-refractivity contribution in [3.63, 3.8) is 0 Å². The lowest BCUT2D eigenvalue weighted by atomic mass is 9.94. The zero-order valence-electron chi connectivity index (χ0n) is 45.4. The summed E-state index contributed by atoms with van der Waals surface area (Å²) >= 11 is 0. The van der Waals surface area contributed by atoms with Gasteiger partial charge in [0.15, 0.2) is 25.2 Å². The number of benzene rings is 3. The van der Waals surface area contributed by atoms with Crippen molar-refractivity contribution in [1.82, 2.24) is 4.72 Å². The average Bonchev–Trinajstić information content (AvgIpc) is 3.40. The van der Waals surface area contributed by atoms with Crippen molar-refractivity contribution in [3.8, 4) is 11.5 Å². The molecule has 3 saturated heterocycles. The van der Waals surface area contributed by atoms with E-state index in [1.165, 1.54) is 12.1 Å². The van der Waals surface area contributed by atoms with Crippen molar-refractivity contribution in [2.75, 3.05) is 19.8 Å². The Hall–Kier alpha value is -3.79. The van der Waals surface area contributed by atoms with Crippen LogP contribution >= 0.6 is 0 Å². The lowest BCUT2D eigenvalue weighted by Gasteiger charge is -2.38. The molecular weight excluding hydrogens is 995 g/mol. The van der Waals surface area contributed by atoms with Crippen LogP contribution < -0.4 is 4.72 Å². The first-order chi connectivity index (χ1) is 36.7. The van der Waals surface area contributed by atoms with Crippen molar-refractivity contribution >= 4 is 10.0 Å². The Morgan fingerprint density at radius 2 is 1.22 bits per heavy atom. The third-order valence-corrected chi connectivity index (χ3v) is 15.4. The Balaban J connectivity index is 0.00000527. The number of ether oxygens (including phenoxy) is 7. The molecule has 0 amide bonds. The van der Waals surface area contributed by atoms with Crippen molar-refractivity contribution in [1.29, 1.82) is 0 Å². The fourth-order valence-corrected chi connectivity index (χ4v) is 11.0. The van der Waals surface area contributed by atoms with Crippen LogP contribution in [0, 0.1) is 5.92 Å². The molecule has 13 atom stereocenters. The number of para-hydroxylation sites is 2. The van der Waals surface area contributed by atoms with E-state index in [1.54, 1.807) is 66.7 Å². The molecule has 17 heteroatoms. The second-order valence-corrected chi connectivity index (χ2v) is 22.0. The van der Waals surface area contributed by atoms with Crippen LogP contribution in [0.2, 0.25) is 0 Å². The first-order valence-corrected chi connectivity index (χ1v) is 29.3. The minimum atomic E-state index is -3.83. The lowest BCUT2D eigenvalue weighted by Crippen LogP contribution is -2.45. The Labute approximate surface area is 452 Å². The summed E-state index contributed by atoms with van der Waals surface area (Å²) in [5, 5.41) is 63.6. The second-order valence-electron chi connectivity index (χ2n) is 20.2. The maximum Gasteiger partial charge on any atom is 0.240 e. The standard InChI is InChI=1S/C57H83NO15S.C2H6/c1-4-5-7-17-41(38-59)55(64)67-31-30-39(2)32-42(60)18-14-20-46-35-47(73-57(72-46)51-27-11-13-29-53(51)63)21-15-19-43(61)34-48-36-45(69-54(70-48)37-58-74(65,66)49-24-8-6-9-25-49)23-16-22-44-33-40(3)68-56(71-44)50-26-10-12-28-52(50)62;1-2/h5-13,17,24-29,39-40,42-48,54-64H,4,14-16,18-23,30-38H2,1-3H3;1-2H3/b7-5-,41-17+;. The summed E-state index contributed by atoms with van der Waals surface area (Å²) in [7, 11) is -3.83. The van der Waals surface area contributed by atoms with E-state index in [0.717, 1.165) is 19.3 Å². The highest BCUT2D eigenvalue weighted by Crippen LogP contribution is 2.39. The van der Waals surface area contributed by atoms with E-state index in [9.17, 15) is 39.1 Å². The third-order valence-electron chi connectivity index (χ3n) is 14.0. The summed E-state index contributed by atoms with van der Waals surface area (Å²) in [6.45, 7) is 9.92. The monoisotopic (exact) mass is 1080 g/mol. The van der Waals surface area contributed by atoms with Crippen LogP contribution in [0.4, 0.5) is 0 Å². The van der Waals surface area contributed by atoms with E-state index in [-0.39, 0.29) is 72.6 Å². The molecule has 6 rings (SSSR count). The Morgan fingerprint density at radius 1 is 0.697 bits per heavy atom. The minimum Gasteiger partial charge on any atom is -0.507 e. The first kappa shape index (κ1) is 63.0. The van der Waals surface area contributed by atoms with Crippen molar-refractivity contribution < 1.29 is 72.2 Å². The second kappa shape index (κ2) is 33.6. The predicted octanol–water partition coefficient (Wildman–Crippen LogP) is 9.93. The van der Waals surface area contributed by atoms with Crippen LogP contribution in [0.25, 0.3) is 0 Å². The first-order valence-electron chi connectivity index (χ1n) is 27.8. The normalized spacial score (nSPS) is 26.1. The van der Waals surface area contributed by atoms with Crippen LogP contribution in [0.1, 0.15) is 161 Å². The molecule has 0 saturated carbocycles. The smallest absolute Gasteiger partial charge is 0.240 e.